The Morgan fingerprint density at radius 2 is 2.00 bits per heavy atom. The number of nitrogens with zero attached hydrogens (tertiary/aromatic N) is 2. The molecule has 0 saturated carbocycles. The van der Waals surface area contributed by atoms with E-state index in [4.69, 9.17) is 0 Å². The first-order valence-corrected chi connectivity index (χ1v) is 9.23. The molecule has 6 heteroatoms. The number of Topliss-reactive ketones (excluding diaryl/α,β-unsaturated/α-hetero) is 1. The molecule has 1 aromatic heterocycles. The van der Waals surface area contributed by atoms with E-state index in [0.717, 1.165) is 26.7 Å². The Balaban J connectivity index is 1.69. The molecule has 0 spiro atoms. The Hall–Kier alpha value is -1.92. The second-order valence-electron chi connectivity index (χ2n) is 5.48. The molecule has 1 N–H and O–H groups in total. The van der Waals surface area contributed by atoms with Crippen LogP contribution in [0.1, 0.15) is 21.5 Å². The zero-order valence-corrected chi connectivity index (χ0v) is 15.7. The Morgan fingerprint density at radius 1 is 1.21 bits per heavy atom. The van der Waals surface area contributed by atoms with E-state index in [1.54, 1.807) is 0 Å². The summed E-state index contributed by atoms with van der Waals surface area (Å²) >= 11 is 4.84. The van der Waals surface area contributed by atoms with E-state index >= 15 is 0 Å². The van der Waals surface area contributed by atoms with E-state index in [1.165, 1.54) is 11.8 Å². The van der Waals surface area contributed by atoms with Gasteiger partial charge in [-0.15, -0.1) is 5.10 Å². The number of hydrogen-bond acceptors (Lipinski definition) is 4. The van der Waals surface area contributed by atoms with Crippen LogP contribution in [0.5, 0.6) is 0 Å². The van der Waals surface area contributed by atoms with Gasteiger partial charge in [0.25, 0.3) is 0 Å². The van der Waals surface area contributed by atoms with Crippen molar-refractivity contribution in [1.29, 1.82) is 0 Å². The molecular formula is C18H16BrN3OS. The normalized spacial score (nSPS) is 10.8. The van der Waals surface area contributed by atoms with Gasteiger partial charge in [-0.25, -0.2) is 4.98 Å². The summed E-state index contributed by atoms with van der Waals surface area (Å²) in [5.74, 6) is 1.09. The number of H-pyrrole nitrogens is 1. The van der Waals surface area contributed by atoms with Gasteiger partial charge in [0.05, 0.1) is 5.75 Å². The smallest absolute Gasteiger partial charge is 0.209 e. The van der Waals surface area contributed by atoms with Crippen LogP contribution in [-0.4, -0.2) is 26.7 Å². The lowest BCUT2D eigenvalue weighted by molar-refractivity contribution is 0.102. The first-order chi connectivity index (χ1) is 11.5. The number of rotatable bonds is 5. The SMILES string of the molecule is Cc1ccc(C(=O)CSc2n[nH]c(-c3ccccc3Br)n2)c(C)c1. The Morgan fingerprint density at radius 3 is 2.75 bits per heavy atom. The maximum atomic E-state index is 12.4. The van der Waals surface area contributed by atoms with Gasteiger partial charge in [-0.05, 0) is 25.5 Å². The van der Waals surface area contributed by atoms with Gasteiger partial charge < -0.3 is 0 Å². The molecule has 0 amide bonds. The minimum absolute atomic E-state index is 0.0877. The molecular weight excluding hydrogens is 386 g/mol. The summed E-state index contributed by atoms with van der Waals surface area (Å²) in [5.41, 5.74) is 3.86. The van der Waals surface area contributed by atoms with Crippen molar-refractivity contribution >= 4 is 33.5 Å². The van der Waals surface area contributed by atoms with Crippen LogP contribution in [0, 0.1) is 13.8 Å². The highest BCUT2D eigenvalue weighted by molar-refractivity contribution is 9.10. The summed E-state index contributed by atoms with van der Waals surface area (Å²) in [7, 11) is 0. The molecule has 0 aliphatic heterocycles. The predicted octanol–water partition coefficient (Wildman–Crippen LogP) is 4.83. The summed E-state index contributed by atoms with van der Waals surface area (Å²) in [6.45, 7) is 3.98. The number of nitrogens with one attached hydrogen (secondary N) is 1. The lowest BCUT2D eigenvalue weighted by atomic mass is 10.0. The van der Waals surface area contributed by atoms with Crippen molar-refractivity contribution in [3.63, 3.8) is 0 Å². The zero-order valence-electron chi connectivity index (χ0n) is 13.3. The molecule has 0 aliphatic carbocycles. The highest BCUT2D eigenvalue weighted by Gasteiger charge is 2.13. The molecule has 0 unspecified atom stereocenters. The highest BCUT2D eigenvalue weighted by Crippen LogP contribution is 2.26. The molecule has 0 bridgehead atoms. The van der Waals surface area contributed by atoms with Crippen molar-refractivity contribution in [2.75, 3.05) is 5.75 Å². The van der Waals surface area contributed by atoms with E-state index in [2.05, 4.69) is 31.1 Å². The van der Waals surface area contributed by atoms with Crippen molar-refractivity contribution < 1.29 is 4.79 Å². The maximum Gasteiger partial charge on any atom is 0.209 e. The summed E-state index contributed by atoms with van der Waals surface area (Å²) in [4.78, 5) is 16.8. The average molecular weight is 402 g/mol. The van der Waals surface area contributed by atoms with Gasteiger partial charge in [-0.1, -0.05) is 69.7 Å². The van der Waals surface area contributed by atoms with Gasteiger partial charge in [0.1, 0.15) is 0 Å². The van der Waals surface area contributed by atoms with Crippen molar-refractivity contribution in [1.82, 2.24) is 15.2 Å². The van der Waals surface area contributed by atoms with Crippen LogP contribution in [0.2, 0.25) is 0 Å². The second kappa shape index (κ2) is 7.32. The molecule has 3 rings (SSSR count). The summed E-state index contributed by atoms with van der Waals surface area (Å²) in [5, 5.41) is 7.68. The van der Waals surface area contributed by atoms with E-state index in [1.807, 2.05) is 56.3 Å². The summed E-state index contributed by atoms with van der Waals surface area (Å²) < 4.78 is 0.948. The van der Waals surface area contributed by atoms with Crippen LogP contribution in [0.3, 0.4) is 0 Å². The van der Waals surface area contributed by atoms with E-state index in [9.17, 15) is 4.79 Å². The van der Waals surface area contributed by atoms with Gasteiger partial charge in [-0.2, -0.15) is 0 Å². The number of aromatic nitrogens is 3. The number of aromatic amines is 1. The molecule has 1 heterocycles. The van der Waals surface area contributed by atoms with Crippen molar-refractivity contribution in [2.45, 2.75) is 19.0 Å². The van der Waals surface area contributed by atoms with Gasteiger partial charge in [0.15, 0.2) is 11.6 Å². The number of carbonyl (C=O) groups is 1. The van der Waals surface area contributed by atoms with Gasteiger partial charge >= 0.3 is 0 Å². The van der Waals surface area contributed by atoms with Gasteiger partial charge in [-0.3, -0.25) is 9.89 Å². The fourth-order valence-corrected chi connectivity index (χ4v) is 3.57. The zero-order chi connectivity index (χ0) is 17.1. The third-order valence-electron chi connectivity index (χ3n) is 3.61. The molecule has 0 radical (unpaired) electrons. The van der Waals surface area contributed by atoms with Gasteiger partial charge in [0, 0.05) is 15.6 Å². The van der Waals surface area contributed by atoms with Crippen molar-refractivity contribution in [2.24, 2.45) is 0 Å². The average Bonchev–Trinajstić information content (AvgIpc) is 3.02. The number of hydrogen-bond donors (Lipinski definition) is 1. The number of halogens is 1. The van der Waals surface area contributed by atoms with Crippen molar-refractivity contribution in [3.8, 4) is 11.4 Å². The Kier molecular flexibility index (Phi) is 5.16. The minimum atomic E-state index is 0.0877. The Bertz CT molecular complexity index is 891. The molecule has 3 aromatic rings. The molecule has 0 saturated heterocycles. The molecule has 0 atom stereocenters. The minimum Gasteiger partial charge on any atom is -0.293 e. The van der Waals surface area contributed by atoms with Gasteiger partial charge in [0.2, 0.25) is 5.16 Å². The predicted molar refractivity (Wildman–Crippen MR) is 100 cm³/mol. The number of benzene rings is 2. The fraction of sp³-hybridized carbons (Fsp3) is 0.167. The number of thioether (sulfide) groups is 1. The van der Waals surface area contributed by atoms with Crippen LogP contribution in [0.4, 0.5) is 0 Å². The largest absolute Gasteiger partial charge is 0.293 e. The standard InChI is InChI=1S/C18H16BrN3OS/c1-11-7-8-13(12(2)9-11)16(23)10-24-18-20-17(21-22-18)14-5-3-4-6-15(14)19/h3-9H,10H2,1-2H3,(H,20,21,22). The fourth-order valence-electron chi connectivity index (χ4n) is 2.42. The van der Waals surface area contributed by atoms with Crippen LogP contribution in [0.15, 0.2) is 52.1 Å². The lowest BCUT2D eigenvalue weighted by Gasteiger charge is -2.04. The van der Waals surface area contributed by atoms with Crippen LogP contribution >= 0.6 is 27.7 Å². The highest BCUT2D eigenvalue weighted by atomic mass is 79.9. The first kappa shape index (κ1) is 16.9. The number of carbonyl (C=O) groups excluding carboxylic acids is 1. The van der Waals surface area contributed by atoms with E-state index < -0.39 is 0 Å². The molecule has 4 nitrogen and oxygen atoms in total. The van der Waals surface area contributed by atoms with Crippen LogP contribution in [0.25, 0.3) is 11.4 Å². The monoisotopic (exact) mass is 401 g/mol. The third kappa shape index (κ3) is 3.76. The molecule has 122 valence electrons. The summed E-state index contributed by atoms with van der Waals surface area (Å²) in [6, 6.07) is 13.7. The van der Waals surface area contributed by atoms with Crippen LogP contribution < -0.4 is 0 Å². The molecule has 24 heavy (non-hydrogen) atoms. The first-order valence-electron chi connectivity index (χ1n) is 7.45. The Labute approximate surface area is 153 Å². The number of aryl methyl sites for hydroxylation is 2. The molecule has 0 aliphatic rings. The molecule has 2 aromatic carbocycles. The quantitative estimate of drug-likeness (QED) is 0.491. The summed E-state index contributed by atoms with van der Waals surface area (Å²) in [6.07, 6.45) is 0. The van der Waals surface area contributed by atoms with E-state index in [0.29, 0.717) is 16.7 Å². The topological polar surface area (TPSA) is 58.6 Å². The van der Waals surface area contributed by atoms with Crippen molar-refractivity contribution in [3.05, 3.63) is 63.6 Å². The second-order valence-corrected chi connectivity index (χ2v) is 7.27. The third-order valence-corrected chi connectivity index (χ3v) is 5.15. The molecule has 0 fully saturated rings. The maximum absolute atomic E-state index is 12.4. The van der Waals surface area contributed by atoms with E-state index in [-0.39, 0.29) is 5.78 Å². The lowest BCUT2D eigenvalue weighted by Crippen LogP contribution is -2.05. The number of ketones is 1. The van der Waals surface area contributed by atoms with Crippen LogP contribution in [-0.2, 0) is 0 Å².